The van der Waals surface area contributed by atoms with E-state index in [1.165, 1.54) is 32.6 Å². The van der Waals surface area contributed by atoms with Gasteiger partial charge in [-0.2, -0.15) is 0 Å². The van der Waals surface area contributed by atoms with Crippen LogP contribution in [0.3, 0.4) is 0 Å². The molecule has 8 nitrogen and oxygen atoms in total. The van der Waals surface area contributed by atoms with E-state index in [4.69, 9.17) is 5.73 Å². The lowest BCUT2D eigenvalue weighted by Gasteiger charge is -2.29. The zero-order valence-corrected chi connectivity index (χ0v) is 10.7. The minimum absolute atomic E-state index is 0.0501. The van der Waals surface area contributed by atoms with Gasteiger partial charge in [0.2, 0.25) is 11.1 Å². The first-order chi connectivity index (χ1) is 7.53. The predicted molar refractivity (Wildman–Crippen MR) is 62.8 cm³/mol. The van der Waals surface area contributed by atoms with Crippen LogP contribution in [-0.2, 0) is 0 Å². The minimum Gasteiger partial charge on any atom is -0.318 e. The molecule has 8 heteroatoms. The van der Waals surface area contributed by atoms with Gasteiger partial charge in [0.15, 0.2) is 0 Å². The highest BCUT2D eigenvalue weighted by Gasteiger charge is 2.38. The topological polar surface area (TPSA) is 116 Å². The molecule has 0 atom stereocenters. The molecule has 0 aliphatic rings. The van der Waals surface area contributed by atoms with Gasteiger partial charge in [-0.05, 0) is 0 Å². The van der Waals surface area contributed by atoms with E-state index in [-0.39, 0.29) is 19.8 Å². The number of rotatable bonds is 7. The fourth-order valence-corrected chi connectivity index (χ4v) is 1.39. The molecule has 0 aromatic rings. The highest BCUT2D eigenvalue weighted by molar-refractivity contribution is 4.78. The molecule has 0 rings (SSSR count). The molecule has 0 fully saturated rings. The van der Waals surface area contributed by atoms with Crippen LogP contribution >= 0.6 is 0 Å². The summed E-state index contributed by atoms with van der Waals surface area (Å²) < 4.78 is 0. The van der Waals surface area contributed by atoms with Crippen LogP contribution in [0.25, 0.3) is 0 Å². The molecule has 0 amide bonds. The third-order valence-electron chi connectivity index (χ3n) is 2.47. The van der Waals surface area contributed by atoms with Crippen molar-refractivity contribution < 1.29 is 9.85 Å². The van der Waals surface area contributed by atoms with Crippen molar-refractivity contribution in [2.75, 3.05) is 19.8 Å². The van der Waals surface area contributed by atoms with Gasteiger partial charge in [-0.1, -0.05) is 0 Å². The Balaban J connectivity index is 4.67. The van der Waals surface area contributed by atoms with Crippen molar-refractivity contribution in [2.45, 2.75) is 38.8 Å². The monoisotopic (exact) mass is 248 g/mol. The van der Waals surface area contributed by atoms with Crippen LogP contribution in [0.2, 0.25) is 0 Å². The molecule has 2 N–H and O–H groups in total. The highest BCUT2D eigenvalue weighted by Crippen LogP contribution is 2.14. The lowest BCUT2D eigenvalue weighted by atomic mass is 10.0. The van der Waals surface area contributed by atoms with Crippen LogP contribution < -0.4 is 5.73 Å². The lowest BCUT2D eigenvalue weighted by molar-refractivity contribution is -0.569. The minimum atomic E-state index is -1.17. The molecular weight excluding hydrogens is 228 g/mol. The summed E-state index contributed by atoms with van der Waals surface area (Å²) in [7, 11) is 0. The Morgan fingerprint density at radius 1 is 1.00 bits per heavy atom. The molecule has 0 radical (unpaired) electrons. The Morgan fingerprint density at radius 2 is 1.29 bits per heavy atom. The number of hydrogen-bond acceptors (Lipinski definition) is 6. The third-order valence-corrected chi connectivity index (χ3v) is 2.47. The first-order valence-corrected chi connectivity index (χ1v) is 5.24. The van der Waals surface area contributed by atoms with Gasteiger partial charge in [0.05, 0.1) is 13.1 Å². The second-order valence-corrected chi connectivity index (χ2v) is 5.31. The Morgan fingerprint density at radius 3 is 1.47 bits per heavy atom. The van der Waals surface area contributed by atoms with Gasteiger partial charge in [-0.25, -0.2) is 0 Å². The van der Waals surface area contributed by atoms with Crippen LogP contribution in [0.15, 0.2) is 0 Å². The van der Waals surface area contributed by atoms with Gasteiger partial charge in [-0.15, -0.1) is 0 Å². The number of nitrogens with two attached hydrogens (primary N) is 1. The lowest BCUT2D eigenvalue weighted by Crippen LogP contribution is -2.52. The van der Waals surface area contributed by atoms with E-state index >= 15 is 0 Å². The van der Waals surface area contributed by atoms with Gasteiger partial charge < -0.3 is 5.73 Å². The molecule has 17 heavy (non-hydrogen) atoms. The van der Waals surface area contributed by atoms with Gasteiger partial charge >= 0.3 is 0 Å². The molecule has 0 aromatic carbocycles. The highest BCUT2D eigenvalue weighted by atomic mass is 16.6. The van der Waals surface area contributed by atoms with Crippen LogP contribution in [0, 0.1) is 20.2 Å². The van der Waals surface area contributed by atoms with E-state index in [0.717, 1.165) is 0 Å². The van der Waals surface area contributed by atoms with Crippen molar-refractivity contribution in [3.63, 3.8) is 0 Å². The molecule has 0 spiro atoms. The maximum absolute atomic E-state index is 10.8. The van der Waals surface area contributed by atoms with Crippen molar-refractivity contribution in [1.82, 2.24) is 4.90 Å². The number of nitro groups is 2. The Labute approximate surface area is 100 Å². The van der Waals surface area contributed by atoms with E-state index in [1.807, 2.05) is 0 Å². The molecule has 0 aliphatic carbocycles. The summed E-state index contributed by atoms with van der Waals surface area (Å²) in [6, 6.07) is 0. The molecular formula is C9H20N4O4. The van der Waals surface area contributed by atoms with Gasteiger partial charge in [-0.3, -0.25) is 25.1 Å². The third kappa shape index (κ3) is 4.61. The first kappa shape index (κ1) is 15.7. The average molecular weight is 248 g/mol. The molecule has 0 saturated heterocycles. The zero-order valence-electron chi connectivity index (χ0n) is 10.7. The van der Waals surface area contributed by atoms with Crippen molar-refractivity contribution in [3.05, 3.63) is 20.2 Å². The summed E-state index contributed by atoms with van der Waals surface area (Å²) in [6.45, 7) is 6.07. The first-order valence-electron chi connectivity index (χ1n) is 5.24. The average Bonchev–Trinajstić information content (AvgIpc) is 2.15. The summed E-state index contributed by atoms with van der Waals surface area (Å²) in [5.74, 6) is 0. The van der Waals surface area contributed by atoms with Gasteiger partial charge in [0, 0.05) is 44.2 Å². The van der Waals surface area contributed by atoms with Crippen molar-refractivity contribution in [2.24, 2.45) is 5.73 Å². The predicted octanol–water partition coefficient (Wildman–Crippen LogP) is 0.315. The normalized spacial score (nSPS) is 12.8. The summed E-state index contributed by atoms with van der Waals surface area (Å²) in [5, 5.41) is 21.6. The Bertz CT molecular complexity index is 275. The molecule has 100 valence electrons. The van der Waals surface area contributed by atoms with E-state index in [2.05, 4.69) is 0 Å². The second kappa shape index (κ2) is 5.37. The molecule has 0 heterocycles. The Kier molecular flexibility index (Phi) is 4.96. The number of hydrogen-bond donors (Lipinski definition) is 1. The van der Waals surface area contributed by atoms with E-state index in [9.17, 15) is 20.2 Å². The Hall–Kier alpha value is -1.28. The summed E-state index contributed by atoms with van der Waals surface area (Å²) in [4.78, 5) is 22.3. The molecule has 0 aromatic heterocycles. The second-order valence-electron chi connectivity index (χ2n) is 5.31. The summed E-state index contributed by atoms with van der Waals surface area (Å²) >= 11 is 0. The molecule has 0 bridgehead atoms. The maximum atomic E-state index is 10.8. The van der Waals surface area contributed by atoms with Crippen LogP contribution in [0.5, 0.6) is 0 Å². The van der Waals surface area contributed by atoms with E-state index < -0.39 is 20.9 Å². The molecule has 0 aliphatic heterocycles. The van der Waals surface area contributed by atoms with Gasteiger partial charge in [0.1, 0.15) is 0 Å². The van der Waals surface area contributed by atoms with Crippen molar-refractivity contribution in [3.8, 4) is 0 Å². The van der Waals surface area contributed by atoms with Gasteiger partial charge in [0.25, 0.3) is 0 Å². The SMILES string of the molecule is CC(C)(CN(CN)CC(C)(C)[N+](=O)[O-])[N+](=O)[O-]. The van der Waals surface area contributed by atoms with E-state index in [1.54, 1.807) is 0 Å². The largest absolute Gasteiger partial charge is 0.318 e. The number of nitrogens with zero attached hydrogens (tertiary/aromatic N) is 3. The zero-order chi connectivity index (χ0) is 13.9. The van der Waals surface area contributed by atoms with Crippen molar-refractivity contribution in [1.29, 1.82) is 0 Å². The molecule has 0 saturated carbocycles. The van der Waals surface area contributed by atoms with Crippen LogP contribution in [0.1, 0.15) is 27.7 Å². The van der Waals surface area contributed by atoms with Crippen LogP contribution in [0.4, 0.5) is 0 Å². The summed E-state index contributed by atoms with van der Waals surface area (Å²) in [6.07, 6.45) is 0. The fraction of sp³-hybridized carbons (Fsp3) is 1.00. The standard InChI is InChI=1S/C9H20N4O4/c1-8(2,12(14)15)5-11(7-10)6-9(3,4)13(16)17/h5-7,10H2,1-4H3. The van der Waals surface area contributed by atoms with E-state index in [0.29, 0.717) is 0 Å². The van der Waals surface area contributed by atoms with Crippen molar-refractivity contribution >= 4 is 0 Å². The fourth-order valence-electron chi connectivity index (χ4n) is 1.39. The smallest absolute Gasteiger partial charge is 0.229 e. The quantitative estimate of drug-likeness (QED) is 0.394. The summed E-state index contributed by atoms with van der Waals surface area (Å²) in [5.41, 5.74) is 3.12. The van der Waals surface area contributed by atoms with Crippen LogP contribution in [-0.4, -0.2) is 45.6 Å². The maximum Gasteiger partial charge on any atom is 0.229 e. The molecule has 0 unspecified atom stereocenters.